The highest BCUT2D eigenvalue weighted by atomic mass is 16.5. The van der Waals surface area contributed by atoms with Crippen LogP contribution in [0.3, 0.4) is 0 Å². The van der Waals surface area contributed by atoms with Crippen LogP contribution in [0.4, 0.5) is 0 Å². The molecule has 0 aliphatic carbocycles. The highest BCUT2D eigenvalue weighted by Crippen LogP contribution is 2.30. The molecule has 2 heterocycles. The van der Waals surface area contributed by atoms with Gasteiger partial charge >= 0.3 is 5.97 Å². The lowest BCUT2D eigenvalue weighted by Gasteiger charge is -2.35. The number of hydrogen-bond acceptors (Lipinski definition) is 5. The molecule has 1 aliphatic rings. The Balaban J connectivity index is 2.25. The van der Waals surface area contributed by atoms with Gasteiger partial charge in [0.15, 0.2) is 0 Å². The average molecular weight is 224 g/mol. The van der Waals surface area contributed by atoms with Gasteiger partial charge < -0.3 is 9.63 Å². The standard InChI is InChI=1S/C10H12N2O4/c1-12-8(7-2-3-16-11-7)4-6(13)5-9(12)10(14)15/h2-3,8-9H,4-5H2,1H3,(H,14,15). The van der Waals surface area contributed by atoms with Crippen LogP contribution in [0.1, 0.15) is 24.6 Å². The average Bonchev–Trinajstić information content (AvgIpc) is 2.73. The summed E-state index contributed by atoms with van der Waals surface area (Å²) in [4.78, 5) is 24.1. The topological polar surface area (TPSA) is 83.6 Å². The largest absolute Gasteiger partial charge is 0.480 e. The van der Waals surface area contributed by atoms with E-state index in [-0.39, 0.29) is 24.7 Å². The number of rotatable bonds is 2. The molecule has 0 amide bonds. The number of nitrogens with zero attached hydrogens (tertiary/aromatic N) is 2. The number of carbonyl (C=O) groups excluding carboxylic acids is 1. The minimum atomic E-state index is -0.982. The van der Waals surface area contributed by atoms with Gasteiger partial charge in [-0.05, 0) is 7.05 Å². The first kappa shape index (κ1) is 10.8. The highest BCUT2D eigenvalue weighted by Gasteiger charge is 2.38. The molecule has 1 fully saturated rings. The molecule has 1 N–H and O–H groups in total. The molecule has 1 aromatic heterocycles. The zero-order valence-corrected chi connectivity index (χ0v) is 8.79. The molecule has 1 saturated heterocycles. The van der Waals surface area contributed by atoms with Gasteiger partial charge in [-0.25, -0.2) is 0 Å². The Morgan fingerprint density at radius 1 is 1.62 bits per heavy atom. The summed E-state index contributed by atoms with van der Waals surface area (Å²) in [5, 5.41) is 12.8. The molecule has 0 bridgehead atoms. The summed E-state index contributed by atoms with van der Waals surface area (Å²) in [5.41, 5.74) is 0.599. The molecule has 86 valence electrons. The Labute approximate surface area is 91.8 Å². The zero-order chi connectivity index (χ0) is 11.7. The predicted octanol–water partition coefficient (Wildman–Crippen LogP) is 0.464. The summed E-state index contributed by atoms with van der Waals surface area (Å²) in [5.74, 6) is -1.04. The Morgan fingerprint density at radius 2 is 2.38 bits per heavy atom. The van der Waals surface area contributed by atoms with Crippen molar-refractivity contribution in [2.24, 2.45) is 0 Å². The van der Waals surface area contributed by atoms with E-state index in [2.05, 4.69) is 5.16 Å². The molecule has 6 heteroatoms. The molecule has 1 aromatic rings. The fourth-order valence-electron chi connectivity index (χ4n) is 1.99. The van der Waals surface area contributed by atoms with Crippen molar-refractivity contribution >= 4 is 11.8 Å². The van der Waals surface area contributed by atoms with Crippen LogP contribution in [0.25, 0.3) is 0 Å². The second kappa shape index (κ2) is 4.05. The lowest BCUT2D eigenvalue weighted by atomic mass is 9.93. The first-order valence-corrected chi connectivity index (χ1v) is 4.96. The lowest BCUT2D eigenvalue weighted by Crippen LogP contribution is -2.46. The van der Waals surface area contributed by atoms with Crippen molar-refractivity contribution in [3.63, 3.8) is 0 Å². The molecule has 0 spiro atoms. The Bertz CT molecular complexity index is 401. The van der Waals surface area contributed by atoms with Crippen LogP contribution in [0.5, 0.6) is 0 Å². The quantitative estimate of drug-likeness (QED) is 0.785. The Kier molecular flexibility index (Phi) is 2.74. The predicted molar refractivity (Wildman–Crippen MR) is 52.7 cm³/mol. The number of piperidine rings is 1. The first-order valence-electron chi connectivity index (χ1n) is 4.96. The van der Waals surface area contributed by atoms with Crippen LogP contribution < -0.4 is 0 Å². The molecule has 1 aliphatic heterocycles. The van der Waals surface area contributed by atoms with Gasteiger partial charge in [-0.1, -0.05) is 5.16 Å². The number of likely N-dealkylation sites (N-methyl/N-ethyl adjacent to an activating group) is 1. The van der Waals surface area contributed by atoms with Gasteiger partial charge in [0.1, 0.15) is 23.8 Å². The SMILES string of the molecule is CN1C(C(=O)O)CC(=O)CC1c1ccon1. The van der Waals surface area contributed by atoms with E-state index in [1.165, 1.54) is 6.26 Å². The number of ketones is 1. The van der Waals surface area contributed by atoms with Gasteiger partial charge in [0.25, 0.3) is 0 Å². The minimum absolute atomic E-state index is 0.0557. The van der Waals surface area contributed by atoms with Crippen LogP contribution in [-0.4, -0.2) is 40.0 Å². The molecule has 2 rings (SSSR count). The number of Topliss-reactive ketones (excluding diaryl/α,β-unsaturated/α-hetero) is 1. The van der Waals surface area contributed by atoms with E-state index in [1.54, 1.807) is 18.0 Å². The summed E-state index contributed by atoms with van der Waals surface area (Å²) in [6.07, 6.45) is 1.75. The first-order chi connectivity index (χ1) is 7.59. The summed E-state index contributed by atoms with van der Waals surface area (Å²) in [6.45, 7) is 0. The number of carboxylic acids is 1. The van der Waals surface area contributed by atoms with E-state index in [1.807, 2.05) is 0 Å². The van der Waals surface area contributed by atoms with E-state index in [9.17, 15) is 9.59 Å². The van der Waals surface area contributed by atoms with Crippen molar-refractivity contribution in [2.45, 2.75) is 24.9 Å². The molecular weight excluding hydrogens is 212 g/mol. The summed E-state index contributed by atoms with van der Waals surface area (Å²) < 4.78 is 4.71. The second-order valence-electron chi connectivity index (χ2n) is 3.91. The van der Waals surface area contributed by atoms with Crippen LogP contribution in [0.2, 0.25) is 0 Å². The van der Waals surface area contributed by atoms with Gasteiger partial charge in [-0.2, -0.15) is 0 Å². The van der Waals surface area contributed by atoms with E-state index < -0.39 is 12.0 Å². The van der Waals surface area contributed by atoms with E-state index in [0.717, 1.165) is 0 Å². The van der Waals surface area contributed by atoms with Crippen LogP contribution in [0.15, 0.2) is 16.9 Å². The third-order valence-corrected chi connectivity index (χ3v) is 2.91. The molecule has 0 aromatic carbocycles. The van der Waals surface area contributed by atoms with Crippen LogP contribution in [-0.2, 0) is 9.59 Å². The normalized spacial score (nSPS) is 26.9. The maximum absolute atomic E-state index is 11.5. The molecule has 2 unspecified atom stereocenters. The van der Waals surface area contributed by atoms with Crippen LogP contribution >= 0.6 is 0 Å². The molecule has 6 nitrogen and oxygen atoms in total. The number of carboxylic acid groups (broad SMARTS) is 1. The Hall–Kier alpha value is -1.69. The van der Waals surface area contributed by atoms with E-state index in [0.29, 0.717) is 5.69 Å². The number of aliphatic carboxylic acids is 1. The summed E-state index contributed by atoms with van der Waals surface area (Å²) >= 11 is 0. The Morgan fingerprint density at radius 3 is 2.94 bits per heavy atom. The molecule has 0 saturated carbocycles. The van der Waals surface area contributed by atoms with Gasteiger partial charge in [-0.3, -0.25) is 14.5 Å². The van der Waals surface area contributed by atoms with Gasteiger partial charge in [-0.15, -0.1) is 0 Å². The van der Waals surface area contributed by atoms with Crippen molar-refractivity contribution in [3.8, 4) is 0 Å². The van der Waals surface area contributed by atoms with Gasteiger partial charge in [0.2, 0.25) is 0 Å². The number of carbonyl (C=O) groups is 2. The van der Waals surface area contributed by atoms with Crippen molar-refractivity contribution in [2.75, 3.05) is 7.05 Å². The van der Waals surface area contributed by atoms with Crippen molar-refractivity contribution in [3.05, 3.63) is 18.0 Å². The lowest BCUT2D eigenvalue weighted by molar-refractivity contribution is -0.148. The highest BCUT2D eigenvalue weighted by molar-refractivity contribution is 5.87. The zero-order valence-electron chi connectivity index (χ0n) is 8.79. The maximum atomic E-state index is 11.5. The van der Waals surface area contributed by atoms with Crippen molar-refractivity contribution in [1.29, 1.82) is 0 Å². The third kappa shape index (κ3) is 1.83. The van der Waals surface area contributed by atoms with E-state index in [4.69, 9.17) is 9.63 Å². The van der Waals surface area contributed by atoms with Crippen molar-refractivity contribution < 1.29 is 19.2 Å². The third-order valence-electron chi connectivity index (χ3n) is 2.91. The van der Waals surface area contributed by atoms with Gasteiger partial charge in [0, 0.05) is 18.9 Å². The number of aromatic nitrogens is 1. The summed E-state index contributed by atoms with van der Waals surface area (Å²) in [6, 6.07) is 0.572. The summed E-state index contributed by atoms with van der Waals surface area (Å²) in [7, 11) is 1.69. The second-order valence-corrected chi connectivity index (χ2v) is 3.91. The van der Waals surface area contributed by atoms with Crippen LogP contribution in [0, 0.1) is 0 Å². The molecular formula is C10H12N2O4. The molecule has 16 heavy (non-hydrogen) atoms. The van der Waals surface area contributed by atoms with Crippen molar-refractivity contribution in [1.82, 2.24) is 10.1 Å². The smallest absolute Gasteiger partial charge is 0.321 e. The maximum Gasteiger partial charge on any atom is 0.321 e. The molecule has 0 radical (unpaired) electrons. The number of likely N-dealkylation sites (tertiary alicyclic amines) is 1. The van der Waals surface area contributed by atoms with Gasteiger partial charge in [0.05, 0.1) is 6.04 Å². The number of hydrogen-bond donors (Lipinski definition) is 1. The molecule has 2 atom stereocenters. The minimum Gasteiger partial charge on any atom is -0.480 e. The van der Waals surface area contributed by atoms with E-state index >= 15 is 0 Å². The monoisotopic (exact) mass is 224 g/mol. The fourth-order valence-corrected chi connectivity index (χ4v) is 1.99. The fraction of sp³-hybridized carbons (Fsp3) is 0.500.